The molecule has 6 nitrogen and oxygen atoms in total. The first-order valence-electron chi connectivity index (χ1n) is 6.12. The van der Waals surface area contributed by atoms with Crippen molar-refractivity contribution in [2.45, 2.75) is 13.8 Å². The van der Waals surface area contributed by atoms with Crippen LogP contribution >= 0.6 is 0 Å². The van der Waals surface area contributed by atoms with E-state index >= 15 is 0 Å². The van der Waals surface area contributed by atoms with E-state index in [1.165, 1.54) is 19.9 Å². The summed E-state index contributed by atoms with van der Waals surface area (Å²) in [5.74, 6) is -1.61. The minimum atomic E-state index is -1.13. The van der Waals surface area contributed by atoms with Gasteiger partial charge in [-0.3, -0.25) is 4.79 Å². The fourth-order valence-electron chi connectivity index (χ4n) is 1.49. The fourth-order valence-corrected chi connectivity index (χ4v) is 1.49. The van der Waals surface area contributed by atoms with Crippen LogP contribution in [0.5, 0.6) is 0 Å². The Bertz CT molecular complexity index is 524. The number of nitrogens with two attached hydrogens (primary N) is 1. The van der Waals surface area contributed by atoms with Crippen molar-refractivity contribution >= 4 is 23.3 Å². The molecule has 0 radical (unpaired) electrons. The summed E-state index contributed by atoms with van der Waals surface area (Å²) >= 11 is 0. The molecule has 1 aromatic rings. The van der Waals surface area contributed by atoms with Gasteiger partial charge in [-0.05, 0) is 32.0 Å². The van der Waals surface area contributed by atoms with Crippen molar-refractivity contribution in [1.82, 2.24) is 0 Å². The van der Waals surface area contributed by atoms with E-state index in [-0.39, 0.29) is 6.61 Å². The number of ether oxygens (including phenoxy) is 1. The van der Waals surface area contributed by atoms with Gasteiger partial charge in [0.05, 0.1) is 16.7 Å². The predicted molar refractivity (Wildman–Crippen MR) is 76.9 cm³/mol. The van der Waals surface area contributed by atoms with E-state index in [1.807, 2.05) is 0 Å². The van der Waals surface area contributed by atoms with E-state index in [1.54, 1.807) is 31.1 Å². The Balaban J connectivity index is 2.93. The lowest BCUT2D eigenvalue weighted by Gasteiger charge is -2.21. The SMILES string of the molecule is CN(C)c1ccc(N)cc1C(=O)OCC(C)(C)C(=O)O. The molecule has 0 aliphatic rings. The average Bonchev–Trinajstić information content (AvgIpc) is 2.35. The smallest absolute Gasteiger partial charge is 0.340 e. The number of aliphatic carboxylic acids is 1. The minimum absolute atomic E-state index is 0.206. The minimum Gasteiger partial charge on any atom is -0.481 e. The molecule has 0 aromatic heterocycles. The first kappa shape index (κ1) is 15.8. The van der Waals surface area contributed by atoms with Crippen LogP contribution in [0, 0.1) is 5.41 Å². The monoisotopic (exact) mass is 280 g/mol. The van der Waals surface area contributed by atoms with Crippen molar-refractivity contribution in [2.24, 2.45) is 5.41 Å². The first-order chi connectivity index (χ1) is 9.15. The number of rotatable bonds is 5. The van der Waals surface area contributed by atoms with E-state index in [0.717, 1.165) is 0 Å². The van der Waals surface area contributed by atoms with Crippen molar-refractivity contribution in [3.63, 3.8) is 0 Å². The zero-order valence-corrected chi connectivity index (χ0v) is 12.1. The molecule has 0 spiro atoms. The Morgan fingerprint density at radius 2 is 1.95 bits per heavy atom. The average molecular weight is 280 g/mol. The molecule has 0 atom stereocenters. The van der Waals surface area contributed by atoms with Gasteiger partial charge in [0, 0.05) is 19.8 Å². The molecular formula is C14H20N2O4. The molecule has 0 bridgehead atoms. The Kier molecular flexibility index (Phi) is 4.60. The molecule has 0 heterocycles. The Morgan fingerprint density at radius 3 is 2.45 bits per heavy atom. The van der Waals surface area contributed by atoms with Gasteiger partial charge in [0.15, 0.2) is 0 Å². The summed E-state index contributed by atoms with van der Waals surface area (Å²) in [5.41, 5.74) is 5.97. The zero-order valence-electron chi connectivity index (χ0n) is 12.1. The molecule has 3 N–H and O–H groups in total. The van der Waals surface area contributed by atoms with Gasteiger partial charge in [0.25, 0.3) is 0 Å². The summed E-state index contributed by atoms with van der Waals surface area (Å²) in [5, 5.41) is 8.99. The highest BCUT2D eigenvalue weighted by molar-refractivity contribution is 5.97. The molecule has 0 saturated heterocycles. The lowest BCUT2D eigenvalue weighted by Crippen LogP contribution is -2.30. The van der Waals surface area contributed by atoms with Gasteiger partial charge >= 0.3 is 11.9 Å². The van der Waals surface area contributed by atoms with Gasteiger partial charge in [-0.15, -0.1) is 0 Å². The molecule has 6 heteroatoms. The molecule has 1 rings (SSSR count). The van der Waals surface area contributed by atoms with Crippen LogP contribution in [-0.4, -0.2) is 37.7 Å². The third-order valence-electron chi connectivity index (χ3n) is 2.87. The molecule has 0 saturated carbocycles. The standard InChI is InChI=1S/C14H20N2O4/c1-14(2,13(18)19)8-20-12(17)10-7-9(15)5-6-11(10)16(3)4/h5-7H,8,15H2,1-4H3,(H,18,19). The Labute approximate surface area is 118 Å². The Morgan fingerprint density at radius 1 is 1.35 bits per heavy atom. The van der Waals surface area contributed by atoms with Crippen molar-refractivity contribution in [3.05, 3.63) is 23.8 Å². The van der Waals surface area contributed by atoms with E-state index in [9.17, 15) is 9.59 Å². The summed E-state index contributed by atoms with van der Waals surface area (Å²) < 4.78 is 5.10. The summed E-state index contributed by atoms with van der Waals surface area (Å²) in [6, 6.07) is 4.92. The first-order valence-corrected chi connectivity index (χ1v) is 6.12. The molecule has 0 fully saturated rings. The van der Waals surface area contributed by atoms with Crippen molar-refractivity contribution in [3.8, 4) is 0 Å². The third-order valence-corrected chi connectivity index (χ3v) is 2.87. The highest BCUT2D eigenvalue weighted by Crippen LogP contribution is 2.23. The maximum atomic E-state index is 12.1. The topological polar surface area (TPSA) is 92.9 Å². The molecule has 0 aliphatic heterocycles. The van der Waals surface area contributed by atoms with E-state index in [2.05, 4.69) is 0 Å². The van der Waals surface area contributed by atoms with Crippen LogP contribution in [0.25, 0.3) is 0 Å². The van der Waals surface area contributed by atoms with Crippen LogP contribution in [0.3, 0.4) is 0 Å². The lowest BCUT2D eigenvalue weighted by molar-refractivity contribution is -0.149. The summed E-state index contributed by atoms with van der Waals surface area (Å²) in [7, 11) is 3.59. The van der Waals surface area contributed by atoms with Crippen LogP contribution in [-0.2, 0) is 9.53 Å². The number of carboxylic acid groups (broad SMARTS) is 1. The van der Waals surface area contributed by atoms with Gasteiger partial charge in [-0.25, -0.2) is 4.79 Å². The van der Waals surface area contributed by atoms with Crippen LogP contribution in [0.1, 0.15) is 24.2 Å². The summed E-state index contributed by atoms with van der Waals surface area (Å²) in [6.07, 6.45) is 0. The van der Waals surface area contributed by atoms with Gasteiger partial charge in [0.1, 0.15) is 6.61 Å². The number of hydrogen-bond acceptors (Lipinski definition) is 5. The molecule has 0 aliphatic carbocycles. The highest BCUT2D eigenvalue weighted by atomic mass is 16.5. The molecule has 110 valence electrons. The molecule has 0 unspecified atom stereocenters. The highest BCUT2D eigenvalue weighted by Gasteiger charge is 2.29. The second-order valence-electron chi connectivity index (χ2n) is 5.44. The van der Waals surface area contributed by atoms with Crippen molar-refractivity contribution in [2.75, 3.05) is 31.3 Å². The lowest BCUT2D eigenvalue weighted by atomic mass is 9.95. The fraction of sp³-hybridized carbons (Fsp3) is 0.429. The van der Waals surface area contributed by atoms with E-state index in [0.29, 0.717) is 16.9 Å². The van der Waals surface area contributed by atoms with Gasteiger partial charge in [-0.1, -0.05) is 0 Å². The predicted octanol–water partition coefficient (Wildman–Crippen LogP) is 1.60. The number of carbonyl (C=O) groups is 2. The normalized spacial score (nSPS) is 11.0. The Hall–Kier alpha value is -2.24. The van der Waals surface area contributed by atoms with Gasteiger partial charge in [-0.2, -0.15) is 0 Å². The summed E-state index contributed by atoms with van der Waals surface area (Å²) in [6.45, 7) is 2.78. The zero-order chi connectivity index (χ0) is 15.5. The maximum Gasteiger partial charge on any atom is 0.340 e. The number of nitrogens with zero attached hydrogens (tertiary/aromatic N) is 1. The van der Waals surface area contributed by atoms with Crippen LogP contribution < -0.4 is 10.6 Å². The maximum absolute atomic E-state index is 12.1. The van der Waals surface area contributed by atoms with Crippen molar-refractivity contribution in [1.29, 1.82) is 0 Å². The number of nitrogen functional groups attached to an aromatic ring is 1. The van der Waals surface area contributed by atoms with Crippen LogP contribution in [0.2, 0.25) is 0 Å². The van der Waals surface area contributed by atoms with Crippen molar-refractivity contribution < 1.29 is 19.4 Å². The third kappa shape index (κ3) is 3.63. The molecule has 1 aromatic carbocycles. The number of carbonyl (C=O) groups excluding carboxylic acids is 1. The van der Waals surface area contributed by atoms with Crippen LogP contribution in [0.4, 0.5) is 11.4 Å². The summed E-state index contributed by atoms with van der Waals surface area (Å²) in [4.78, 5) is 24.8. The second-order valence-corrected chi connectivity index (χ2v) is 5.44. The van der Waals surface area contributed by atoms with Gasteiger partial charge in [0.2, 0.25) is 0 Å². The number of carboxylic acids is 1. The largest absolute Gasteiger partial charge is 0.481 e. The number of hydrogen-bond donors (Lipinski definition) is 2. The van der Waals surface area contributed by atoms with Gasteiger partial charge < -0.3 is 20.5 Å². The molecular weight excluding hydrogens is 260 g/mol. The number of esters is 1. The van der Waals surface area contributed by atoms with E-state index in [4.69, 9.17) is 15.6 Å². The quantitative estimate of drug-likeness (QED) is 0.628. The number of anilines is 2. The number of benzene rings is 1. The van der Waals surface area contributed by atoms with E-state index < -0.39 is 17.4 Å². The molecule has 0 amide bonds. The second kappa shape index (κ2) is 5.81. The van der Waals surface area contributed by atoms with Crippen LogP contribution in [0.15, 0.2) is 18.2 Å². The molecule has 20 heavy (non-hydrogen) atoms.